The van der Waals surface area contributed by atoms with Crippen molar-refractivity contribution in [2.24, 2.45) is 11.1 Å². The highest BCUT2D eigenvalue weighted by molar-refractivity contribution is 5.85. The molecular weight excluding hydrogens is 396 g/mol. The first kappa shape index (κ1) is 21.8. The van der Waals surface area contributed by atoms with E-state index in [9.17, 15) is 9.59 Å². The molecule has 4 nitrogen and oxygen atoms in total. The summed E-state index contributed by atoms with van der Waals surface area (Å²) in [5, 5.41) is 0. The predicted octanol–water partition coefficient (Wildman–Crippen LogP) is 4.54. The van der Waals surface area contributed by atoms with Gasteiger partial charge in [-0.2, -0.15) is 0 Å². The van der Waals surface area contributed by atoms with Crippen LogP contribution in [0.25, 0.3) is 11.1 Å². The van der Waals surface area contributed by atoms with Crippen molar-refractivity contribution < 1.29 is 9.59 Å². The first-order chi connectivity index (χ1) is 15.5. The number of carbonyl (C=O) groups excluding carboxylic acids is 2. The maximum Gasteiger partial charge on any atom is 0.225 e. The van der Waals surface area contributed by atoms with Crippen LogP contribution in [0.15, 0.2) is 78.9 Å². The molecule has 32 heavy (non-hydrogen) atoms. The van der Waals surface area contributed by atoms with Crippen LogP contribution in [0.3, 0.4) is 0 Å². The largest absolute Gasteiger partial charge is 0.369 e. The normalized spacial score (nSPS) is 18.0. The summed E-state index contributed by atoms with van der Waals surface area (Å²) < 4.78 is 0. The van der Waals surface area contributed by atoms with E-state index < -0.39 is 5.41 Å². The van der Waals surface area contributed by atoms with Crippen molar-refractivity contribution >= 4 is 11.8 Å². The molecule has 2 amide bonds. The number of carbonyl (C=O) groups is 2. The molecule has 1 fully saturated rings. The molecule has 0 saturated carbocycles. The molecule has 2 N–H and O–H groups in total. The molecule has 164 valence electrons. The topological polar surface area (TPSA) is 63.4 Å². The quantitative estimate of drug-likeness (QED) is 0.603. The Bertz CT molecular complexity index is 1110. The Morgan fingerprint density at radius 2 is 1.72 bits per heavy atom. The number of hydrogen-bond donors (Lipinski definition) is 1. The SMILES string of the molecule is Cc1cccc(-c2ccccc2C[C@@]2(C(N)=O)CCN(C(=O)CCc3ccccc3)C2)c1. The Morgan fingerprint density at radius 3 is 2.47 bits per heavy atom. The summed E-state index contributed by atoms with van der Waals surface area (Å²) in [6, 6.07) is 26.6. The number of likely N-dealkylation sites (tertiary alicyclic amines) is 1. The van der Waals surface area contributed by atoms with Gasteiger partial charge in [-0.05, 0) is 48.4 Å². The van der Waals surface area contributed by atoms with E-state index in [0.29, 0.717) is 38.8 Å². The smallest absolute Gasteiger partial charge is 0.225 e. The molecule has 0 spiro atoms. The fourth-order valence-electron chi connectivity index (χ4n) is 4.71. The van der Waals surface area contributed by atoms with Crippen LogP contribution < -0.4 is 5.73 Å². The highest BCUT2D eigenvalue weighted by Gasteiger charge is 2.44. The van der Waals surface area contributed by atoms with Gasteiger partial charge >= 0.3 is 0 Å². The fourth-order valence-corrected chi connectivity index (χ4v) is 4.71. The second kappa shape index (κ2) is 9.39. The zero-order valence-corrected chi connectivity index (χ0v) is 18.6. The minimum absolute atomic E-state index is 0.0870. The van der Waals surface area contributed by atoms with Gasteiger partial charge in [0.2, 0.25) is 11.8 Å². The highest BCUT2D eigenvalue weighted by Crippen LogP contribution is 2.37. The number of nitrogens with zero attached hydrogens (tertiary/aromatic N) is 1. The predicted molar refractivity (Wildman–Crippen MR) is 128 cm³/mol. The first-order valence-corrected chi connectivity index (χ1v) is 11.2. The number of benzene rings is 3. The fraction of sp³-hybridized carbons (Fsp3) is 0.286. The standard InChI is InChI=1S/C28H30N2O2/c1-21-8-7-12-23(18-21)25-13-6-5-11-24(25)19-28(27(29)32)16-17-30(20-28)26(31)15-14-22-9-3-2-4-10-22/h2-13,18H,14-17,19-20H2,1H3,(H2,29,32)/t28-/m0/s1. The Kier molecular flexibility index (Phi) is 6.40. The molecule has 0 bridgehead atoms. The van der Waals surface area contributed by atoms with E-state index in [-0.39, 0.29) is 11.8 Å². The highest BCUT2D eigenvalue weighted by atomic mass is 16.2. The van der Waals surface area contributed by atoms with Crippen molar-refractivity contribution in [3.63, 3.8) is 0 Å². The van der Waals surface area contributed by atoms with Crippen LogP contribution in [0.4, 0.5) is 0 Å². The van der Waals surface area contributed by atoms with Gasteiger partial charge < -0.3 is 10.6 Å². The van der Waals surface area contributed by atoms with Crippen molar-refractivity contribution in [1.29, 1.82) is 0 Å². The summed E-state index contributed by atoms with van der Waals surface area (Å²) >= 11 is 0. The zero-order valence-electron chi connectivity index (χ0n) is 18.6. The Balaban J connectivity index is 1.51. The molecule has 1 aliphatic rings. The van der Waals surface area contributed by atoms with Crippen LogP contribution >= 0.6 is 0 Å². The second-order valence-electron chi connectivity index (χ2n) is 8.90. The van der Waals surface area contributed by atoms with E-state index in [1.165, 1.54) is 5.56 Å². The first-order valence-electron chi connectivity index (χ1n) is 11.2. The average molecular weight is 427 g/mol. The van der Waals surface area contributed by atoms with Crippen molar-refractivity contribution in [1.82, 2.24) is 4.90 Å². The lowest BCUT2D eigenvalue weighted by Crippen LogP contribution is -2.42. The number of amides is 2. The molecule has 1 aliphatic heterocycles. The number of hydrogen-bond acceptors (Lipinski definition) is 2. The number of rotatable bonds is 7. The summed E-state index contributed by atoms with van der Waals surface area (Å²) in [5.41, 5.74) is 10.9. The van der Waals surface area contributed by atoms with E-state index in [1.54, 1.807) is 0 Å². The van der Waals surface area contributed by atoms with Crippen LogP contribution in [0, 0.1) is 12.3 Å². The molecule has 0 radical (unpaired) electrons. The Hall–Kier alpha value is -3.40. The monoisotopic (exact) mass is 426 g/mol. The third-order valence-corrected chi connectivity index (χ3v) is 6.57. The molecule has 0 unspecified atom stereocenters. The summed E-state index contributed by atoms with van der Waals surface area (Å²) in [6.07, 6.45) is 2.28. The van der Waals surface area contributed by atoms with Crippen LogP contribution in [0.2, 0.25) is 0 Å². The molecule has 1 atom stereocenters. The second-order valence-corrected chi connectivity index (χ2v) is 8.90. The van der Waals surface area contributed by atoms with Gasteiger partial charge in [0.25, 0.3) is 0 Å². The maximum absolute atomic E-state index is 12.9. The molecule has 1 saturated heterocycles. The summed E-state index contributed by atoms with van der Waals surface area (Å²) in [4.78, 5) is 27.4. The maximum atomic E-state index is 12.9. The van der Waals surface area contributed by atoms with E-state index in [4.69, 9.17) is 5.73 Å². The van der Waals surface area contributed by atoms with Crippen molar-refractivity contribution in [2.45, 2.75) is 32.6 Å². The Labute approximate surface area is 190 Å². The molecular formula is C28H30N2O2. The van der Waals surface area contributed by atoms with E-state index in [1.807, 2.05) is 53.4 Å². The molecule has 0 aromatic heterocycles. The average Bonchev–Trinajstić information content (AvgIpc) is 3.24. The number of nitrogens with two attached hydrogens (primary N) is 1. The van der Waals surface area contributed by atoms with Gasteiger partial charge in [0.15, 0.2) is 0 Å². The minimum atomic E-state index is -0.734. The minimum Gasteiger partial charge on any atom is -0.369 e. The van der Waals surface area contributed by atoms with Crippen LogP contribution in [-0.4, -0.2) is 29.8 Å². The molecule has 0 aliphatic carbocycles. The third kappa shape index (κ3) is 4.75. The molecule has 3 aromatic rings. The molecule has 1 heterocycles. The van der Waals surface area contributed by atoms with Gasteiger partial charge in [-0.1, -0.05) is 84.4 Å². The molecule has 3 aromatic carbocycles. The summed E-state index contributed by atoms with van der Waals surface area (Å²) in [6.45, 7) is 3.04. The van der Waals surface area contributed by atoms with E-state index in [2.05, 4.69) is 37.3 Å². The number of aryl methyl sites for hydroxylation is 2. The van der Waals surface area contributed by atoms with Gasteiger partial charge in [-0.15, -0.1) is 0 Å². The van der Waals surface area contributed by atoms with Crippen molar-refractivity contribution in [3.8, 4) is 11.1 Å². The van der Waals surface area contributed by atoms with Gasteiger partial charge in [-0.3, -0.25) is 9.59 Å². The van der Waals surface area contributed by atoms with E-state index >= 15 is 0 Å². The van der Waals surface area contributed by atoms with Gasteiger partial charge in [0.1, 0.15) is 0 Å². The van der Waals surface area contributed by atoms with Gasteiger partial charge in [0.05, 0.1) is 5.41 Å². The van der Waals surface area contributed by atoms with Crippen LogP contribution in [0.1, 0.15) is 29.5 Å². The third-order valence-electron chi connectivity index (χ3n) is 6.57. The Morgan fingerprint density at radius 1 is 0.969 bits per heavy atom. The van der Waals surface area contributed by atoms with Crippen LogP contribution in [0.5, 0.6) is 0 Å². The molecule has 4 heteroatoms. The number of primary amides is 1. The molecule has 4 rings (SSSR count). The van der Waals surface area contributed by atoms with Crippen molar-refractivity contribution in [3.05, 3.63) is 95.6 Å². The zero-order chi connectivity index (χ0) is 22.6. The van der Waals surface area contributed by atoms with Gasteiger partial charge in [-0.25, -0.2) is 0 Å². The summed E-state index contributed by atoms with van der Waals surface area (Å²) in [7, 11) is 0. The van der Waals surface area contributed by atoms with Gasteiger partial charge in [0, 0.05) is 19.5 Å². The van der Waals surface area contributed by atoms with Crippen LogP contribution in [-0.2, 0) is 22.4 Å². The summed E-state index contributed by atoms with van der Waals surface area (Å²) in [5.74, 6) is -0.237. The lowest BCUT2D eigenvalue weighted by Gasteiger charge is -2.27. The lowest BCUT2D eigenvalue weighted by molar-refractivity contribution is -0.132. The van der Waals surface area contributed by atoms with E-state index in [0.717, 1.165) is 22.3 Å². The lowest BCUT2D eigenvalue weighted by atomic mass is 9.78. The van der Waals surface area contributed by atoms with Crippen molar-refractivity contribution in [2.75, 3.05) is 13.1 Å².